The summed E-state index contributed by atoms with van der Waals surface area (Å²) < 4.78 is 0. The summed E-state index contributed by atoms with van der Waals surface area (Å²) in [6, 6.07) is -0.355. The Morgan fingerprint density at radius 3 is 2.16 bits per heavy atom. The summed E-state index contributed by atoms with van der Waals surface area (Å²) in [5.41, 5.74) is 0.489. The summed E-state index contributed by atoms with van der Waals surface area (Å²) in [5, 5.41) is 2.80. The second-order valence-electron chi connectivity index (χ2n) is 7.50. The van der Waals surface area contributed by atoms with Crippen molar-refractivity contribution in [3.63, 3.8) is 0 Å². The highest BCUT2D eigenvalue weighted by atomic mass is 16.2. The van der Waals surface area contributed by atoms with Gasteiger partial charge in [0, 0.05) is 6.54 Å². The standard InChI is InChI=1S/C15H26N2O2/c1-9(2)12-13(19)17(8-11(18)16-12)7-10-14(3,4)15(10,5)6/h9-10,12H,7-8H2,1-6H3,(H,16,18). The molecular weight excluding hydrogens is 240 g/mol. The normalized spacial score (nSPS) is 29.6. The van der Waals surface area contributed by atoms with Crippen LogP contribution < -0.4 is 5.32 Å². The molecule has 1 aliphatic heterocycles. The zero-order valence-corrected chi connectivity index (χ0v) is 12.9. The fourth-order valence-corrected chi connectivity index (χ4v) is 3.35. The molecule has 0 bridgehead atoms. The Bertz CT molecular complexity index is 398. The lowest BCUT2D eigenvalue weighted by Crippen LogP contribution is -2.60. The monoisotopic (exact) mass is 266 g/mol. The first-order chi connectivity index (χ1) is 8.59. The highest BCUT2D eigenvalue weighted by Crippen LogP contribution is 2.68. The van der Waals surface area contributed by atoms with Crippen LogP contribution in [-0.2, 0) is 9.59 Å². The Morgan fingerprint density at radius 1 is 1.21 bits per heavy atom. The number of nitrogens with one attached hydrogen (secondary N) is 1. The molecule has 1 unspecified atom stereocenters. The van der Waals surface area contributed by atoms with E-state index in [-0.39, 0.29) is 41.1 Å². The molecule has 0 radical (unpaired) electrons. The molecule has 1 aliphatic carbocycles. The van der Waals surface area contributed by atoms with Gasteiger partial charge in [-0.05, 0) is 22.7 Å². The lowest BCUT2D eigenvalue weighted by molar-refractivity contribution is -0.145. The van der Waals surface area contributed by atoms with Gasteiger partial charge in [0.05, 0.1) is 6.54 Å². The largest absolute Gasteiger partial charge is 0.343 e. The minimum absolute atomic E-state index is 0.0328. The van der Waals surface area contributed by atoms with E-state index in [0.717, 1.165) is 0 Å². The van der Waals surface area contributed by atoms with Gasteiger partial charge in [-0.15, -0.1) is 0 Å². The Labute approximate surface area is 115 Å². The smallest absolute Gasteiger partial charge is 0.245 e. The number of hydrogen-bond donors (Lipinski definition) is 1. The fraction of sp³-hybridized carbons (Fsp3) is 0.867. The Balaban J connectivity index is 2.09. The van der Waals surface area contributed by atoms with E-state index in [1.54, 1.807) is 4.90 Å². The SMILES string of the molecule is CC(C)C1NC(=O)CN(CC2C(C)(C)C2(C)C)C1=O. The van der Waals surface area contributed by atoms with Gasteiger partial charge in [-0.1, -0.05) is 41.5 Å². The van der Waals surface area contributed by atoms with Gasteiger partial charge in [0.1, 0.15) is 6.04 Å². The van der Waals surface area contributed by atoms with Crippen molar-refractivity contribution >= 4 is 11.8 Å². The molecular formula is C15H26N2O2. The van der Waals surface area contributed by atoms with Crippen LogP contribution in [-0.4, -0.2) is 35.8 Å². The number of hydrogen-bond acceptors (Lipinski definition) is 2. The lowest BCUT2D eigenvalue weighted by Gasteiger charge is -2.34. The fourth-order valence-electron chi connectivity index (χ4n) is 3.35. The molecule has 4 nitrogen and oxygen atoms in total. The molecule has 108 valence electrons. The summed E-state index contributed by atoms with van der Waals surface area (Å²) in [7, 11) is 0. The summed E-state index contributed by atoms with van der Waals surface area (Å²) in [6.07, 6.45) is 0. The van der Waals surface area contributed by atoms with Gasteiger partial charge in [0.15, 0.2) is 0 Å². The van der Waals surface area contributed by atoms with Crippen LogP contribution in [0.1, 0.15) is 41.5 Å². The molecule has 1 heterocycles. The van der Waals surface area contributed by atoms with Gasteiger partial charge in [0.2, 0.25) is 11.8 Å². The van der Waals surface area contributed by atoms with E-state index in [9.17, 15) is 9.59 Å². The quantitative estimate of drug-likeness (QED) is 0.844. The highest BCUT2D eigenvalue weighted by Gasteiger charge is 2.65. The van der Waals surface area contributed by atoms with Crippen molar-refractivity contribution < 1.29 is 9.59 Å². The molecule has 0 aromatic carbocycles. The maximum Gasteiger partial charge on any atom is 0.245 e. The first kappa shape index (κ1) is 14.4. The zero-order chi connectivity index (χ0) is 14.6. The van der Waals surface area contributed by atoms with Gasteiger partial charge in [-0.25, -0.2) is 0 Å². The predicted molar refractivity (Wildman–Crippen MR) is 74.4 cm³/mol. The topological polar surface area (TPSA) is 49.4 Å². The van der Waals surface area contributed by atoms with Gasteiger partial charge < -0.3 is 10.2 Å². The van der Waals surface area contributed by atoms with Crippen molar-refractivity contribution in [2.24, 2.45) is 22.7 Å². The Kier molecular flexibility index (Phi) is 3.19. The molecule has 1 saturated heterocycles. The van der Waals surface area contributed by atoms with Crippen molar-refractivity contribution in [3.05, 3.63) is 0 Å². The van der Waals surface area contributed by atoms with Crippen LogP contribution in [0, 0.1) is 22.7 Å². The van der Waals surface area contributed by atoms with Gasteiger partial charge in [-0.2, -0.15) is 0 Å². The maximum atomic E-state index is 12.4. The molecule has 0 spiro atoms. The third-order valence-electron chi connectivity index (χ3n) is 5.62. The highest BCUT2D eigenvalue weighted by molar-refractivity contribution is 5.95. The van der Waals surface area contributed by atoms with Crippen molar-refractivity contribution in [2.45, 2.75) is 47.6 Å². The van der Waals surface area contributed by atoms with Crippen molar-refractivity contribution in [2.75, 3.05) is 13.1 Å². The Morgan fingerprint density at radius 2 is 1.74 bits per heavy atom. The Hall–Kier alpha value is -1.06. The second kappa shape index (κ2) is 4.22. The molecule has 4 heteroatoms. The van der Waals surface area contributed by atoms with E-state index < -0.39 is 0 Å². The average molecular weight is 266 g/mol. The maximum absolute atomic E-state index is 12.4. The summed E-state index contributed by atoms with van der Waals surface area (Å²) in [6.45, 7) is 13.8. The summed E-state index contributed by atoms with van der Waals surface area (Å²) in [4.78, 5) is 25.9. The van der Waals surface area contributed by atoms with Crippen LogP contribution in [0.3, 0.4) is 0 Å². The third-order valence-corrected chi connectivity index (χ3v) is 5.62. The van der Waals surface area contributed by atoms with E-state index in [4.69, 9.17) is 0 Å². The first-order valence-corrected chi connectivity index (χ1v) is 7.17. The van der Waals surface area contributed by atoms with E-state index in [2.05, 4.69) is 33.0 Å². The van der Waals surface area contributed by atoms with Crippen molar-refractivity contribution in [1.82, 2.24) is 10.2 Å². The third kappa shape index (κ3) is 2.15. The van der Waals surface area contributed by atoms with Crippen LogP contribution >= 0.6 is 0 Å². The van der Waals surface area contributed by atoms with Crippen LogP contribution in [0.15, 0.2) is 0 Å². The van der Waals surface area contributed by atoms with Gasteiger partial charge in [-0.3, -0.25) is 9.59 Å². The molecule has 1 atom stereocenters. The van der Waals surface area contributed by atoms with Gasteiger partial charge >= 0.3 is 0 Å². The molecule has 2 fully saturated rings. The van der Waals surface area contributed by atoms with Crippen LogP contribution in [0.5, 0.6) is 0 Å². The first-order valence-electron chi connectivity index (χ1n) is 7.17. The van der Waals surface area contributed by atoms with E-state index in [1.165, 1.54) is 0 Å². The van der Waals surface area contributed by atoms with Gasteiger partial charge in [0.25, 0.3) is 0 Å². The minimum atomic E-state index is -0.355. The van der Waals surface area contributed by atoms with E-state index >= 15 is 0 Å². The average Bonchev–Trinajstić information content (AvgIpc) is 2.65. The number of carbonyl (C=O) groups is 2. The molecule has 1 N–H and O–H groups in total. The molecule has 19 heavy (non-hydrogen) atoms. The number of amides is 2. The zero-order valence-electron chi connectivity index (χ0n) is 12.9. The van der Waals surface area contributed by atoms with E-state index in [0.29, 0.717) is 12.5 Å². The minimum Gasteiger partial charge on any atom is -0.343 e. The summed E-state index contributed by atoms with van der Waals surface area (Å²) >= 11 is 0. The number of nitrogens with zero attached hydrogens (tertiary/aromatic N) is 1. The molecule has 2 aliphatic rings. The van der Waals surface area contributed by atoms with Crippen molar-refractivity contribution in [3.8, 4) is 0 Å². The van der Waals surface area contributed by atoms with Crippen LogP contribution in [0.2, 0.25) is 0 Å². The number of carbonyl (C=O) groups excluding carboxylic acids is 2. The molecule has 2 rings (SSSR count). The molecule has 1 saturated carbocycles. The number of rotatable bonds is 3. The second-order valence-corrected chi connectivity index (χ2v) is 7.50. The van der Waals surface area contributed by atoms with Crippen LogP contribution in [0.4, 0.5) is 0 Å². The molecule has 0 aromatic heterocycles. The lowest BCUT2D eigenvalue weighted by atomic mass is 10.00. The van der Waals surface area contributed by atoms with Crippen molar-refractivity contribution in [1.29, 1.82) is 0 Å². The molecule has 2 amide bonds. The predicted octanol–water partition coefficient (Wildman–Crippen LogP) is 1.65. The summed E-state index contributed by atoms with van der Waals surface area (Å²) in [5.74, 6) is 0.657. The number of piperazine rings is 1. The van der Waals surface area contributed by atoms with Crippen LogP contribution in [0.25, 0.3) is 0 Å². The van der Waals surface area contributed by atoms with E-state index in [1.807, 2.05) is 13.8 Å². The molecule has 0 aromatic rings.